The number of hydrogen-bond donors (Lipinski definition) is 2. The number of benzene rings is 1. The lowest BCUT2D eigenvalue weighted by Gasteiger charge is -2.15. The number of carbonyl (C=O) groups excluding carboxylic acids is 1. The summed E-state index contributed by atoms with van der Waals surface area (Å²) in [4.78, 5) is 16.9. The van der Waals surface area contributed by atoms with Gasteiger partial charge in [-0.1, -0.05) is 0 Å². The van der Waals surface area contributed by atoms with E-state index in [4.69, 9.17) is 4.74 Å². The van der Waals surface area contributed by atoms with Crippen molar-refractivity contribution in [2.24, 2.45) is 0 Å². The smallest absolute Gasteiger partial charge is 0.265 e. The summed E-state index contributed by atoms with van der Waals surface area (Å²) in [6.07, 6.45) is 4.06. The van der Waals surface area contributed by atoms with Crippen LogP contribution in [0.3, 0.4) is 0 Å². The van der Waals surface area contributed by atoms with Crippen molar-refractivity contribution in [3.05, 3.63) is 42.7 Å². The van der Waals surface area contributed by atoms with Crippen molar-refractivity contribution in [1.82, 2.24) is 4.98 Å². The molecule has 1 atom stereocenters. The number of pyridine rings is 1. The minimum atomic E-state index is -0.683. The third kappa shape index (κ3) is 4.13. The van der Waals surface area contributed by atoms with Crippen molar-refractivity contribution >= 4 is 23.4 Å². The molecule has 0 bridgehead atoms. The van der Waals surface area contributed by atoms with Gasteiger partial charge in [0.05, 0.1) is 11.9 Å². The van der Waals surface area contributed by atoms with Gasteiger partial charge in [0.15, 0.2) is 11.9 Å². The highest BCUT2D eigenvalue weighted by Crippen LogP contribution is 2.22. The zero-order chi connectivity index (χ0) is 15.2. The summed E-state index contributed by atoms with van der Waals surface area (Å²) >= 11 is 1.64. The van der Waals surface area contributed by atoms with Crippen molar-refractivity contribution in [3.63, 3.8) is 0 Å². The molecule has 2 N–H and O–H groups in total. The van der Waals surface area contributed by atoms with Gasteiger partial charge in [0.25, 0.3) is 5.91 Å². The van der Waals surface area contributed by atoms with Gasteiger partial charge >= 0.3 is 0 Å². The molecule has 0 unspecified atom stereocenters. The van der Waals surface area contributed by atoms with Crippen molar-refractivity contribution in [2.75, 3.05) is 11.6 Å². The first-order chi connectivity index (χ1) is 10.1. The molecule has 0 aliphatic heterocycles. The molecule has 0 aliphatic rings. The molecule has 0 saturated carbocycles. The number of ether oxygens (including phenoxy) is 1. The second-order valence-corrected chi connectivity index (χ2v) is 5.20. The summed E-state index contributed by atoms with van der Waals surface area (Å²) < 4.78 is 5.57. The maximum Gasteiger partial charge on any atom is 0.265 e. The van der Waals surface area contributed by atoms with Crippen LogP contribution in [0.25, 0.3) is 0 Å². The van der Waals surface area contributed by atoms with Gasteiger partial charge in [-0.15, -0.1) is 11.8 Å². The Morgan fingerprint density at radius 1 is 1.33 bits per heavy atom. The standard InChI is InChI=1S/C15H16N2O3S/c1-10(20-11-3-5-12(21-2)6-4-11)15(19)17-13-7-8-16-9-14(13)18/h3-10,18H,1-2H3,(H,16,17,19)/t10-/m1/s1. The molecule has 1 aromatic heterocycles. The van der Waals surface area contributed by atoms with Gasteiger partial charge in [-0.05, 0) is 43.5 Å². The van der Waals surface area contributed by atoms with E-state index in [1.165, 1.54) is 18.5 Å². The Labute approximate surface area is 127 Å². The maximum atomic E-state index is 12.0. The summed E-state index contributed by atoms with van der Waals surface area (Å²) in [5.41, 5.74) is 0.309. The van der Waals surface area contributed by atoms with Crippen LogP contribution in [0.15, 0.2) is 47.6 Å². The molecule has 1 heterocycles. The van der Waals surface area contributed by atoms with Crippen LogP contribution < -0.4 is 10.1 Å². The Bertz CT molecular complexity index is 617. The Morgan fingerprint density at radius 2 is 2.05 bits per heavy atom. The summed E-state index contributed by atoms with van der Waals surface area (Å²) in [5, 5.41) is 12.2. The number of nitrogens with zero attached hydrogens (tertiary/aromatic N) is 1. The van der Waals surface area contributed by atoms with Crippen LogP contribution in [0.5, 0.6) is 11.5 Å². The Morgan fingerprint density at radius 3 is 2.67 bits per heavy atom. The molecule has 0 spiro atoms. The second kappa shape index (κ2) is 6.99. The van der Waals surface area contributed by atoms with E-state index in [2.05, 4.69) is 10.3 Å². The molecule has 2 rings (SSSR count). The predicted octanol–water partition coefficient (Wildman–Crippen LogP) is 2.92. The molecule has 0 aliphatic carbocycles. The number of nitrogens with one attached hydrogen (secondary N) is 1. The SMILES string of the molecule is CSc1ccc(O[C@H](C)C(=O)Nc2ccncc2O)cc1. The van der Waals surface area contributed by atoms with Gasteiger partial charge in [0.1, 0.15) is 5.75 Å². The Kier molecular flexibility index (Phi) is 5.05. The molecule has 110 valence electrons. The average Bonchev–Trinajstić information content (AvgIpc) is 2.50. The lowest BCUT2D eigenvalue weighted by molar-refractivity contribution is -0.122. The first-order valence-corrected chi connectivity index (χ1v) is 7.57. The third-order valence-electron chi connectivity index (χ3n) is 2.80. The molecular formula is C15H16N2O3S. The van der Waals surface area contributed by atoms with E-state index in [9.17, 15) is 9.90 Å². The first-order valence-electron chi connectivity index (χ1n) is 6.34. The summed E-state index contributed by atoms with van der Waals surface area (Å²) in [6.45, 7) is 1.65. The van der Waals surface area contributed by atoms with E-state index in [1.807, 2.05) is 30.5 Å². The van der Waals surface area contributed by atoms with E-state index in [-0.39, 0.29) is 11.7 Å². The van der Waals surface area contributed by atoms with E-state index in [0.717, 1.165) is 4.90 Å². The fourth-order valence-corrected chi connectivity index (χ4v) is 2.05. The van der Waals surface area contributed by atoms with Crippen molar-refractivity contribution in [3.8, 4) is 11.5 Å². The number of thioether (sulfide) groups is 1. The number of aromatic nitrogens is 1. The highest BCUT2D eigenvalue weighted by Gasteiger charge is 2.16. The minimum absolute atomic E-state index is 0.0811. The average molecular weight is 304 g/mol. The van der Waals surface area contributed by atoms with Crippen LogP contribution in [-0.2, 0) is 4.79 Å². The second-order valence-electron chi connectivity index (χ2n) is 4.32. The highest BCUT2D eigenvalue weighted by molar-refractivity contribution is 7.98. The normalized spacial score (nSPS) is 11.7. The van der Waals surface area contributed by atoms with E-state index >= 15 is 0 Å². The molecule has 2 aromatic rings. The number of amides is 1. The summed E-state index contributed by atoms with van der Waals surface area (Å²) in [7, 11) is 0. The largest absolute Gasteiger partial charge is 0.504 e. The lowest BCUT2D eigenvalue weighted by Crippen LogP contribution is -2.30. The van der Waals surface area contributed by atoms with E-state index in [1.54, 1.807) is 18.7 Å². The van der Waals surface area contributed by atoms with Crippen LogP contribution in [0, 0.1) is 0 Å². The van der Waals surface area contributed by atoms with Crippen LogP contribution in [0.2, 0.25) is 0 Å². The number of carbonyl (C=O) groups is 1. The number of anilines is 1. The summed E-state index contributed by atoms with van der Waals surface area (Å²) in [6, 6.07) is 9.02. The molecule has 1 aromatic carbocycles. The molecule has 1 amide bonds. The topological polar surface area (TPSA) is 71.5 Å². The lowest BCUT2D eigenvalue weighted by atomic mass is 10.3. The van der Waals surface area contributed by atoms with E-state index < -0.39 is 6.10 Å². The Hall–Kier alpha value is -2.21. The molecule has 21 heavy (non-hydrogen) atoms. The van der Waals surface area contributed by atoms with Crippen LogP contribution >= 0.6 is 11.8 Å². The third-order valence-corrected chi connectivity index (χ3v) is 3.54. The van der Waals surface area contributed by atoms with Gasteiger partial charge in [-0.2, -0.15) is 0 Å². The molecule has 0 fully saturated rings. The Balaban J connectivity index is 1.97. The molecule has 0 radical (unpaired) electrons. The highest BCUT2D eigenvalue weighted by atomic mass is 32.2. The molecule has 0 saturated heterocycles. The van der Waals surface area contributed by atoms with Crippen LogP contribution in [0.1, 0.15) is 6.92 Å². The number of aromatic hydroxyl groups is 1. The van der Waals surface area contributed by atoms with Crippen LogP contribution in [0.4, 0.5) is 5.69 Å². The van der Waals surface area contributed by atoms with E-state index in [0.29, 0.717) is 11.4 Å². The zero-order valence-electron chi connectivity index (χ0n) is 11.7. The monoisotopic (exact) mass is 304 g/mol. The molecule has 6 heteroatoms. The van der Waals surface area contributed by atoms with Crippen molar-refractivity contribution < 1.29 is 14.6 Å². The van der Waals surface area contributed by atoms with Gasteiger partial charge < -0.3 is 15.2 Å². The quantitative estimate of drug-likeness (QED) is 0.831. The number of hydrogen-bond acceptors (Lipinski definition) is 5. The number of rotatable bonds is 5. The van der Waals surface area contributed by atoms with Gasteiger partial charge in [-0.25, -0.2) is 0 Å². The summed E-state index contributed by atoms with van der Waals surface area (Å²) in [5.74, 6) is 0.196. The van der Waals surface area contributed by atoms with Gasteiger partial charge in [0, 0.05) is 11.1 Å². The maximum absolute atomic E-state index is 12.0. The van der Waals surface area contributed by atoms with Crippen molar-refractivity contribution in [2.45, 2.75) is 17.9 Å². The fraction of sp³-hybridized carbons (Fsp3) is 0.200. The van der Waals surface area contributed by atoms with Gasteiger partial charge in [-0.3, -0.25) is 9.78 Å². The van der Waals surface area contributed by atoms with Gasteiger partial charge in [0.2, 0.25) is 0 Å². The molecular weight excluding hydrogens is 288 g/mol. The van der Waals surface area contributed by atoms with Crippen molar-refractivity contribution in [1.29, 1.82) is 0 Å². The fourth-order valence-electron chi connectivity index (χ4n) is 1.64. The minimum Gasteiger partial charge on any atom is -0.504 e. The zero-order valence-corrected chi connectivity index (χ0v) is 12.6. The first kappa shape index (κ1) is 15.2. The predicted molar refractivity (Wildman–Crippen MR) is 82.8 cm³/mol. The van der Waals surface area contributed by atoms with Crippen LogP contribution in [-0.4, -0.2) is 28.4 Å². The molecule has 5 nitrogen and oxygen atoms in total.